The van der Waals surface area contributed by atoms with E-state index in [1.165, 1.54) is 5.56 Å². The van der Waals surface area contributed by atoms with Gasteiger partial charge in [0.15, 0.2) is 16.6 Å². The van der Waals surface area contributed by atoms with Crippen molar-refractivity contribution < 1.29 is 4.74 Å². The predicted octanol–water partition coefficient (Wildman–Crippen LogP) is 3.00. The minimum Gasteiger partial charge on any atom is -0.493 e. The summed E-state index contributed by atoms with van der Waals surface area (Å²) in [5.41, 5.74) is 4.67. The van der Waals surface area contributed by atoms with Crippen LogP contribution >= 0.6 is 11.6 Å². The highest BCUT2D eigenvalue weighted by atomic mass is 35.5. The van der Waals surface area contributed by atoms with Gasteiger partial charge >= 0.3 is 0 Å². The van der Waals surface area contributed by atoms with Crippen molar-refractivity contribution in [3.8, 4) is 17.1 Å². The van der Waals surface area contributed by atoms with Crippen molar-refractivity contribution in [1.29, 1.82) is 0 Å². The number of ether oxygens (including phenoxy) is 1. The van der Waals surface area contributed by atoms with Gasteiger partial charge in [0.2, 0.25) is 0 Å². The van der Waals surface area contributed by atoms with E-state index in [1.807, 2.05) is 30.4 Å². The number of benzene rings is 1. The quantitative estimate of drug-likeness (QED) is 0.693. The molecule has 1 aromatic carbocycles. The second-order valence-electron chi connectivity index (χ2n) is 5.18. The zero-order valence-electron chi connectivity index (χ0n) is 11.7. The number of nitrogens with zero attached hydrogens (tertiary/aromatic N) is 4. The maximum absolute atomic E-state index is 6.17. The summed E-state index contributed by atoms with van der Waals surface area (Å²) in [5, 5.41) is 8.86. The van der Waals surface area contributed by atoms with Crippen LogP contribution in [-0.2, 0) is 6.42 Å². The first-order valence-corrected chi connectivity index (χ1v) is 7.17. The Bertz CT molecular complexity index is 872. The highest BCUT2D eigenvalue weighted by Crippen LogP contribution is 2.31. The van der Waals surface area contributed by atoms with E-state index in [2.05, 4.69) is 21.2 Å². The molecule has 3 aromatic rings. The molecule has 0 radical (unpaired) electrons. The molecule has 0 unspecified atom stereocenters. The number of halogens is 1. The third kappa shape index (κ3) is 1.81. The molecule has 3 heterocycles. The molecule has 0 spiro atoms. The second-order valence-corrected chi connectivity index (χ2v) is 5.54. The number of hydrogen-bond donors (Lipinski definition) is 0. The highest BCUT2D eigenvalue weighted by molar-refractivity contribution is 6.32. The first-order chi connectivity index (χ1) is 10.1. The number of aryl methyl sites for hydroxylation is 2. The smallest absolute Gasteiger partial charge is 0.199 e. The Labute approximate surface area is 126 Å². The van der Waals surface area contributed by atoms with Crippen LogP contribution in [0.5, 0.6) is 5.75 Å². The molecule has 21 heavy (non-hydrogen) atoms. The molecule has 0 saturated heterocycles. The Morgan fingerprint density at radius 2 is 2.10 bits per heavy atom. The Balaban J connectivity index is 1.99. The molecule has 0 fully saturated rings. The molecule has 0 aliphatic carbocycles. The van der Waals surface area contributed by atoms with Crippen LogP contribution in [0.15, 0.2) is 18.2 Å². The van der Waals surface area contributed by atoms with Crippen LogP contribution in [0, 0.1) is 13.8 Å². The van der Waals surface area contributed by atoms with Gasteiger partial charge in [-0.1, -0.05) is 11.6 Å². The van der Waals surface area contributed by atoms with Crippen LogP contribution in [0.3, 0.4) is 0 Å². The highest BCUT2D eigenvalue weighted by Gasteiger charge is 2.18. The number of hydrogen-bond acceptors (Lipinski definition) is 4. The van der Waals surface area contributed by atoms with Gasteiger partial charge in [-0.15, -0.1) is 10.2 Å². The minimum atomic E-state index is 0.376. The summed E-state index contributed by atoms with van der Waals surface area (Å²) in [5.74, 6) is 1.74. The fraction of sp³-hybridized carbons (Fsp3) is 0.267. The van der Waals surface area contributed by atoms with Crippen molar-refractivity contribution >= 4 is 17.2 Å². The molecule has 0 amide bonds. The Kier molecular flexibility index (Phi) is 2.65. The van der Waals surface area contributed by atoms with E-state index in [4.69, 9.17) is 16.3 Å². The maximum Gasteiger partial charge on any atom is 0.199 e. The van der Waals surface area contributed by atoms with Crippen LogP contribution < -0.4 is 4.74 Å². The number of rotatable bonds is 1. The van der Waals surface area contributed by atoms with Gasteiger partial charge in [-0.2, -0.15) is 0 Å². The lowest BCUT2D eigenvalue weighted by Crippen LogP contribution is -2.01. The molecule has 0 bridgehead atoms. The Morgan fingerprint density at radius 1 is 1.24 bits per heavy atom. The zero-order valence-corrected chi connectivity index (χ0v) is 12.5. The van der Waals surface area contributed by atoms with E-state index in [-0.39, 0.29) is 0 Å². The lowest BCUT2D eigenvalue weighted by Gasteiger charge is -2.08. The van der Waals surface area contributed by atoms with Crippen molar-refractivity contribution in [2.75, 3.05) is 6.61 Å². The summed E-state index contributed by atoms with van der Waals surface area (Å²) in [6.45, 7) is 4.67. The molecule has 1 aliphatic rings. The van der Waals surface area contributed by atoms with Crippen LogP contribution in [0.2, 0.25) is 5.15 Å². The van der Waals surface area contributed by atoms with E-state index >= 15 is 0 Å². The molecule has 106 valence electrons. The van der Waals surface area contributed by atoms with E-state index in [0.717, 1.165) is 41.6 Å². The average Bonchev–Trinajstić information content (AvgIpc) is 3.10. The summed E-state index contributed by atoms with van der Waals surface area (Å²) in [4.78, 5) is 4.29. The molecular formula is C15H13ClN4O. The fourth-order valence-corrected chi connectivity index (χ4v) is 2.94. The van der Waals surface area contributed by atoms with Gasteiger partial charge in [-0.25, -0.2) is 4.98 Å². The summed E-state index contributed by atoms with van der Waals surface area (Å²) < 4.78 is 7.51. The van der Waals surface area contributed by atoms with Crippen LogP contribution in [0.25, 0.3) is 17.0 Å². The van der Waals surface area contributed by atoms with Gasteiger partial charge in [0.05, 0.1) is 12.3 Å². The van der Waals surface area contributed by atoms with E-state index in [1.54, 1.807) is 0 Å². The first kappa shape index (κ1) is 12.6. The van der Waals surface area contributed by atoms with Crippen molar-refractivity contribution in [2.45, 2.75) is 20.3 Å². The van der Waals surface area contributed by atoms with E-state index in [9.17, 15) is 0 Å². The monoisotopic (exact) mass is 300 g/mol. The summed E-state index contributed by atoms with van der Waals surface area (Å²) in [6.07, 6.45) is 0.931. The van der Waals surface area contributed by atoms with Crippen LogP contribution in [0.1, 0.15) is 17.0 Å². The van der Waals surface area contributed by atoms with Crippen molar-refractivity contribution in [3.05, 3.63) is 40.3 Å². The summed E-state index contributed by atoms with van der Waals surface area (Å²) >= 11 is 6.17. The van der Waals surface area contributed by atoms with Crippen molar-refractivity contribution in [3.63, 3.8) is 0 Å². The SMILES string of the molecule is Cc1nc(Cl)c2nnc(-c3ccc4c(c3)CCO4)n2c1C. The van der Waals surface area contributed by atoms with E-state index < -0.39 is 0 Å². The molecule has 5 nitrogen and oxygen atoms in total. The lowest BCUT2D eigenvalue weighted by molar-refractivity contribution is 0.357. The van der Waals surface area contributed by atoms with Gasteiger partial charge in [0.1, 0.15) is 5.75 Å². The van der Waals surface area contributed by atoms with Gasteiger partial charge in [0.25, 0.3) is 0 Å². The molecule has 2 aromatic heterocycles. The van der Waals surface area contributed by atoms with E-state index in [0.29, 0.717) is 10.8 Å². The molecule has 1 aliphatic heterocycles. The van der Waals surface area contributed by atoms with Gasteiger partial charge in [-0.3, -0.25) is 4.40 Å². The molecule has 0 saturated carbocycles. The second kappa shape index (κ2) is 4.43. The van der Waals surface area contributed by atoms with Gasteiger partial charge in [-0.05, 0) is 37.6 Å². The summed E-state index contributed by atoms with van der Waals surface area (Å²) in [6, 6.07) is 6.11. The lowest BCUT2D eigenvalue weighted by atomic mass is 10.1. The van der Waals surface area contributed by atoms with Crippen LogP contribution in [-0.4, -0.2) is 26.2 Å². The standard InChI is InChI=1S/C15H13ClN4O/c1-8-9(2)20-14(18-19-15(20)13(16)17-8)11-3-4-12-10(7-11)5-6-21-12/h3-4,7H,5-6H2,1-2H3. The largest absolute Gasteiger partial charge is 0.493 e. The third-order valence-corrected chi connectivity index (χ3v) is 4.17. The molecule has 0 N–H and O–H groups in total. The first-order valence-electron chi connectivity index (χ1n) is 6.79. The molecular weight excluding hydrogens is 288 g/mol. The Hall–Kier alpha value is -2.14. The van der Waals surface area contributed by atoms with Crippen molar-refractivity contribution in [2.24, 2.45) is 0 Å². The van der Waals surface area contributed by atoms with Crippen LogP contribution in [0.4, 0.5) is 0 Å². The maximum atomic E-state index is 6.17. The molecule has 4 rings (SSSR count). The predicted molar refractivity (Wildman–Crippen MR) is 79.9 cm³/mol. The molecule has 6 heteroatoms. The summed E-state index contributed by atoms with van der Waals surface area (Å²) in [7, 11) is 0. The number of fused-ring (bicyclic) bond motifs is 2. The normalized spacial score (nSPS) is 13.5. The Morgan fingerprint density at radius 3 is 2.95 bits per heavy atom. The van der Waals surface area contributed by atoms with Gasteiger partial charge < -0.3 is 4.74 Å². The molecule has 0 atom stereocenters. The van der Waals surface area contributed by atoms with Crippen molar-refractivity contribution in [1.82, 2.24) is 19.6 Å². The topological polar surface area (TPSA) is 52.3 Å². The minimum absolute atomic E-state index is 0.376. The zero-order chi connectivity index (χ0) is 14.6. The van der Waals surface area contributed by atoms with Gasteiger partial charge in [0, 0.05) is 17.7 Å². The third-order valence-electron chi connectivity index (χ3n) is 3.92. The number of aromatic nitrogens is 4. The fourth-order valence-electron chi connectivity index (χ4n) is 2.69. The average molecular weight is 301 g/mol.